The highest BCUT2D eigenvalue weighted by molar-refractivity contribution is 14.0. The van der Waals surface area contributed by atoms with Crippen LogP contribution in [0.15, 0.2) is 34.2 Å². The van der Waals surface area contributed by atoms with Crippen LogP contribution in [-0.4, -0.2) is 56.3 Å². The molecular weight excluding hydrogens is 475 g/mol. The van der Waals surface area contributed by atoms with Crippen molar-refractivity contribution in [1.82, 2.24) is 14.5 Å². The van der Waals surface area contributed by atoms with Crippen molar-refractivity contribution in [1.29, 1.82) is 0 Å². The second-order valence-electron chi connectivity index (χ2n) is 6.98. The second-order valence-corrected chi connectivity index (χ2v) is 8.91. The molecule has 0 unspecified atom stereocenters. The van der Waals surface area contributed by atoms with Crippen molar-refractivity contribution < 1.29 is 8.42 Å². The van der Waals surface area contributed by atoms with Crippen molar-refractivity contribution in [3.63, 3.8) is 0 Å². The number of benzene rings is 1. The zero-order valence-corrected chi connectivity index (χ0v) is 19.2. The topological polar surface area (TPSA) is 65.0 Å². The Balaban J connectivity index is 0.00000261. The van der Waals surface area contributed by atoms with E-state index >= 15 is 0 Å². The van der Waals surface area contributed by atoms with Crippen LogP contribution in [0.25, 0.3) is 0 Å². The standard InChI is InChI=1S/C19H30N4O2S.HI/c1-2-20-19(22-11-6-7-12-22)21-16-17-9-8-10-18(15-17)26(24,25)23-13-4-3-5-14-23;/h8-10,15H,2-7,11-14,16H2,1H3,(H,20,21);1H. The number of likely N-dealkylation sites (tertiary alicyclic amines) is 1. The largest absolute Gasteiger partial charge is 0.357 e. The molecule has 2 heterocycles. The van der Waals surface area contributed by atoms with Crippen LogP contribution in [-0.2, 0) is 16.6 Å². The molecule has 2 aliphatic rings. The second kappa shape index (κ2) is 10.6. The Labute approximate surface area is 180 Å². The summed E-state index contributed by atoms with van der Waals surface area (Å²) in [7, 11) is -3.39. The molecule has 152 valence electrons. The Morgan fingerprint density at radius 2 is 1.74 bits per heavy atom. The van der Waals surface area contributed by atoms with E-state index in [9.17, 15) is 8.42 Å². The molecule has 1 aromatic rings. The maximum absolute atomic E-state index is 12.9. The van der Waals surface area contributed by atoms with Gasteiger partial charge in [-0.05, 0) is 50.3 Å². The molecule has 0 aliphatic carbocycles. The van der Waals surface area contributed by atoms with E-state index in [-0.39, 0.29) is 24.0 Å². The summed E-state index contributed by atoms with van der Waals surface area (Å²) >= 11 is 0. The highest BCUT2D eigenvalue weighted by atomic mass is 127. The predicted molar refractivity (Wildman–Crippen MR) is 120 cm³/mol. The van der Waals surface area contributed by atoms with Crippen molar-refractivity contribution in [2.24, 2.45) is 4.99 Å². The molecule has 1 N–H and O–H groups in total. The van der Waals surface area contributed by atoms with E-state index in [0.29, 0.717) is 24.5 Å². The molecule has 2 aliphatic heterocycles. The van der Waals surface area contributed by atoms with E-state index in [2.05, 4.69) is 17.1 Å². The van der Waals surface area contributed by atoms with Gasteiger partial charge in [0.25, 0.3) is 0 Å². The molecule has 3 rings (SSSR count). The van der Waals surface area contributed by atoms with Crippen molar-refractivity contribution >= 4 is 40.0 Å². The average Bonchev–Trinajstić information content (AvgIpc) is 3.21. The van der Waals surface area contributed by atoms with E-state index in [4.69, 9.17) is 4.99 Å². The minimum Gasteiger partial charge on any atom is -0.357 e. The highest BCUT2D eigenvalue weighted by Gasteiger charge is 2.26. The summed E-state index contributed by atoms with van der Waals surface area (Å²) in [5, 5.41) is 3.34. The van der Waals surface area contributed by atoms with Gasteiger partial charge in [0.05, 0.1) is 11.4 Å². The molecule has 0 bridgehead atoms. The van der Waals surface area contributed by atoms with Gasteiger partial charge in [-0.2, -0.15) is 4.31 Å². The lowest BCUT2D eigenvalue weighted by molar-refractivity contribution is 0.346. The Morgan fingerprint density at radius 1 is 1.07 bits per heavy atom. The van der Waals surface area contributed by atoms with Crippen LogP contribution in [0.2, 0.25) is 0 Å². The molecule has 0 saturated carbocycles. The molecular formula is C19H31IN4O2S. The van der Waals surface area contributed by atoms with Gasteiger partial charge in [-0.3, -0.25) is 0 Å². The number of aliphatic imine (C=N–C) groups is 1. The van der Waals surface area contributed by atoms with Gasteiger partial charge in [0.1, 0.15) is 0 Å². The number of piperidine rings is 1. The van der Waals surface area contributed by atoms with E-state index in [0.717, 1.165) is 50.4 Å². The average molecular weight is 506 g/mol. The first-order valence-corrected chi connectivity index (χ1v) is 11.2. The van der Waals surface area contributed by atoms with Crippen LogP contribution in [0.1, 0.15) is 44.6 Å². The maximum atomic E-state index is 12.9. The third kappa shape index (κ3) is 5.80. The molecule has 2 fully saturated rings. The van der Waals surface area contributed by atoms with Gasteiger partial charge in [-0.15, -0.1) is 24.0 Å². The number of halogens is 1. The van der Waals surface area contributed by atoms with Gasteiger partial charge in [-0.1, -0.05) is 18.6 Å². The third-order valence-electron chi connectivity index (χ3n) is 5.00. The lowest BCUT2D eigenvalue weighted by Crippen LogP contribution is -2.39. The summed E-state index contributed by atoms with van der Waals surface area (Å²) in [6, 6.07) is 7.25. The molecule has 0 atom stereocenters. The fourth-order valence-corrected chi connectivity index (χ4v) is 5.17. The van der Waals surface area contributed by atoms with E-state index < -0.39 is 10.0 Å². The minimum atomic E-state index is -3.39. The number of nitrogens with zero attached hydrogens (tertiary/aromatic N) is 3. The van der Waals surface area contributed by atoms with Crippen LogP contribution in [0, 0.1) is 0 Å². The first kappa shape index (κ1) is 22.4. The smallest absolute Gasteiger partial charge is 0.243 e. The molecule has 0 radical (unpaired) electrons. The number of guanidine groups is 1. The van der Waals surface area contributed by atoms with Crippen LogP contribution >= 0.6 is 24.0 Å². The van der Waals surface area contributed by atoms with Gasteiger partial charge in [0, 0.05) is 32.7 Å². The summed E-state index contributed by atoms with van der Waals surface area (Å²) in [5.74, 6) is 0.925. The maximum Gasteiger partial charge on any atom is 0.243 e. The van der Waals surface area contributed by atoms with Crippen LogP contribution in [0.4, 0.5) is 0 Å². The molecule has 6 nitrogen and oxygen atoms in total. The summed E-state index contributed by atoms with van der Waals surface area (Å²) in [6.45, 7) is 6.72. The van der Waals surface area contributed by atoms with Gasteiger partial charge in [0.2, 0.25) is 10.0 Å². The Morgan fingerprint density at radius 3 is 2.41 bits per heavy atom. The summed E-state index contributed by atoms with van der Waals surface area (Å²) < 4.78 is 27.3. The van der Waals surface area contributed by atoms with E-state index in [1.165, 1.54) is 12.8 Å². The normalized spacial score (nSPS) is 19.0. The van der Waals surface area contributed by atoms with Crippen molar-refractivity contribution in [3.8, 4) is 0 Å². The molecule has 0 amide bonds. The molecule has 2 saturated heterocycles. The molecule has 0 aromatic heterocycles. The SMILES string of the molecule is CCNC(=NCc1cccc(S(=O)(=O)N2CCCCC2)c1)N1CCCC1.I. The molecule has 27 heavy (non-hydrogen) atoms. The number of nitrogens with one attached hydrogen (secondary N) is 1. The first-order valence-electron chi connectivity index (χ1n) is 9.73. The fourth-order valence-electron chi connectivity index (χ4n) is 3.58. The van der Waals surface area contributed by atoms with Gasteiger partial charge in [-0.25, -0.2) is 13.4 Å². The zero-order valence-electron chi connectivity index (χ0n) is 16.1. The highest BCUT2D eigenvalue weighted by Crippen LogP contribution is 2.21. The van der Waals surface area contributed by atoms with Crippen LogP contribution in [0.3, 0.4) is 0 Å². The Kier molecular flexibility index (Phi) is 8.81. The van der Waals surface area contributed by atoms with E-state index in [1.807, 2.05) is 12.1 Å². The number of rotatable bonds is 5. The van der Waals surface area contributed by atoms with Gasteiger partial charge >= 0.3 is 0 Å². The first-order chi connectivity index (χ1) is 12.6. The summed E-state index contributed by atoms with van der Waals surface area (Å²) in [6.07, 6.45) is 5.42. The quantitative estimate of drug-likeness (QED) is 0.379. The molecule has 8 heteroatoms. The predicted octanol–water partition coefficient (Wildman–Crippen LogP) is 3.04. The molecule has 1 aromatic carbocycles. The lowest BCUT2D eigenvalue weighted by atomic mass is 10.2. The van der Waals surface area contributed by atoms with Crippen LogP contribution in [0.5, 0.6) is 0 Å². The monoisotopic (exact) mass is 506 g/mol. The van der Waals surface area contributed by atoms with Crippen molar-refractivity contribution in [2.75, 3.05) is 32.7 Å². The number of hydrogen-bond donors (Lipinski definition) is 1. The number of hydrogen-bond acceptors (Lipinski definition) is 3. The third-order valence-corrected chi connectivity index (χ3v) is 6.90. The number of sulfonamides is 1. The van der Waals surface area contributed by atoms with Gasteiger partial charge < -0.3 is 10.2 Å². The minimum absolute atomic E-state index is 0. The Hall–Kier alpha value is -0.870. The van der Waals surface area contributed by atoms with Crippen LogP contribution < -0.4 is 5.32 Å². The van der Waals surface area contributed by atoms with E-state index in [1.54, 1.807) is 16.4 Å². The zero-order chi connectivity index (χ0) is 18.4. The Bertz CT molecular complexity index is 727. The summed E-state index contributed by atoms with van der Waals surface area (Å²) in [4.78, 5) is 7.39. The van der Waals surface area contributed by atoms with Gasteiger partial charge in [0.15, 0.2) is 5.96 Å². The van der Waals surface area contributed by atoms with Crippen molar-refractivity contribution in [3.05, 3.63) is 29.8 Å². The lowest BCUT2D eigenvalue weighted by Gasteiger charge is -2.26. The van der Waals surface area contributed by atoms with Crippen molar-refractivity contribution in [2.45, 2.75) is 50.5 Å². The molecule has 0 spiro atoms. The summed E-state index contributed by atoms with van der Waals surface area (Å²) in [5.41, 5.74) is 0.928. The fraction of sp³-hybridized carbons (Fsp3) is 0.632.